The van der Waals surface area contributed by atoms with Crippen LogP contribution in [0, 0.1) is 0 Å². The van der Waals surface area contributed by atoms with Crippen molar-refractivity contribution < 1.29 is 19.0 Å². The first-order chi connectivity index (χ1) is 22.3. The first-order valence-electron chi connectivity index (χ1n) is 15.3. The molecular weight excluding hydrogens is 645 g/mol. The maximum Gasteiger partial charge on any atom is 0.255 e. The van der Waals surface area contributed by atoms with Crippen molar-refractivity contribution in [2.24, 2.45) is 0 Å². The summed E-state index contributed by atoms with van der Waals surface area (Å²) < 4.78 is 19.8. The number of halogens is 2. The van der Waals surface area contributed by atoms with E-state index in [1.54, 1.807) is 34.6 Å². The maximum absolute atomic E-state index is 14.1. The standard InChI is InChI=1S/C34H37Cl2N5O4S/c1-5-8-18-46-34-39-33-37-21(4)30(32(42)38-26-14-9-10-15-27(26)43-6-2)31(41(33)40-34)22-16-17-28(29(19-22)44-7-3)45-20-23-24(35)12-11-13-25(23)36/h9-17,19,31H,5-8,18,20H2,1-4H3,(H,38,42)(H,37,39,40). The third kappa shape index (κ3) is 7.57. The van der Waals surface area contributed by atoms with E-state index in [9.17, 15) is 4.79 Å². The second-order valence-electron chi connectivity index (χ2n) is 10.4. The average molecular weight is 683 g/mol. The van der Waals surface area contributed by atoms with Crippen LogP contribution in [-0.4, -0.2) is 39.6 Å². The number of unbranched alkanes of at least 4 members (excludes halogenated alkanes) is 1. The van der Waals surface area contributed by atoms with Crippen molar-refractivity contribution in [2.75, 3.05) is 29.6 Å². The highest BCUT2D eigenvalue weighted by Crippen LogP contribution is 2.41. The number of aromatic nitrogens is 3. The topological polar surface area (TPSA) is 99.5 Å². The van der Waals surface area contributed by atoms with Gasteiger partial charge in [-0.25, -0.2) is 4.68 Å². The summed E-state index contributed by atoms with van der Waals surface area (Å²) in [5.74, 6) is 2.78. The summed E-state index contributed by atoms with van der Waals surface area (Å²) in [4.78, 5) is 18.9. The molecule has 0 spiro atoms. The number of carbonyl (C=O) groups is 1. The Labute approximate surface area is 283 Å². The number of carbonyl (C=O) groups excluding carboxylic acids is 1. The number of thioether (sulfide) groups is 1. The minimum atomic E-state index is -0.616. The van der Waals surface area contributed by atoms with Gasteiger partial charge in [-0.15, -0.1) is 5.10 Å². The molecule has 0 saturated carbocycles. The number of amides is 1. The predicted octanol–water partition coefficient (Wildman–Crippen LogP) is 8.78. The van der Waals surface area contributed by atoms with Crippen molar-refractivity contribution in [3.8, 4) is 17.2 Å². The van der Waals surface area contributed by atoms with Gasteiger partial charge in [0.05, 0.1) is 24.5 Å². The Hall–Kier alpha value is -3.86. The van der Waals surface area contributed by atoms with E-state index in [1.165, 1.54) is 0 Å². The van der Waals surface area contributed by atoms with Crippen LogP contribution in [0.2, 0.25) is 10.0 Å². The van der Waals surface area contributed by atoms with Crippen molar-refractivity contribution in [3.63, 3.8) is 0 Å². The number of anilines is 2. The van der Waals surface area contributed by atoms with Crippen molar-refractivity contribution >= 4 is 52.5 Å². The molecular formula is C34H37Cl2N5O4S. The monoisotopic (exact) mass is 681 g/mol. The number of rotatable bonds is 14. The molecule has 242 valence electrons. The number of benzene rings is 3. The summed E-state index contributed by atoms with van der Waals surface area (Å²) in [5.41, 5.74) is 3.17. The minimum Gasteiger partial charge on any atom is -0.492 e. The lowest BCUT2D eigenvalue weighted by molar-refractivity contribution is -0.113. The fourth-order valence-corrected chi connectivity index (χ4v) is 6.46. The number of hydrogen-bond acceptors (Lipinski definition) is 8. The van der Waals surface area contributed by atoms with E-state index < -0.39 is 6.04 Å². The smallest absolute Gasteiger partial charge is 0.255 e. The molecule has 0 aliphatic carbocycles. The van der Waals surface area contributed by atoms with Gasteiger partial charge in [-0.2, -0.15) is 4.98 Å². The molecule has 12 heteroatoms. The molecule has 2 N–H and O–H groups in total. The minimum absolute atomic E-state index is 0.156. The van der Waals surface area contributed by atoms with Crippen LogP contribution in [0.4, 0.5) is 11.6 Å². The van der Waals surface area contributed by atoms with E-state index in [0.29, 0.717) is 74.1 Å². The molecule has 46 heavy (non-hydrogen) atoms. The van der Waals surface area contributed by atoms with Crippen molar-refractivity contribution in [1.82, 2.24) is 14.8 Å². The molecule has 9 nitrogen and oxygen atoms in total. The van der Waals surface area contributed by atoms with Crippen LogP contribution < -0.4 is 24.8 Å². The Morgan fingerprint density at radius 3 is 2.43 bits per heavy atom. The van der Waals surface area contributed by atoms with E-state index in [1.807, 2.05) is 63.2 Å². The van der Waals surface area contributed by atoms with Crippen molar-refractivity contribution in [1.29, 1.82) is 0 Å². The first kappa shape index (κ1) is 33.5. The predicted molar refractivity (Wildman–Crippen MR) is 185 cm³/mol. The summed E-state index contributed by atoms with van der Waals surface area (Å²) in [5, 5.41) is 12.9. The Kier molecular flexibility index (Phi) is 11.4. The van der Waals surface area contributed by atoms with Gasteiger partial charge < -0.3 is 24.8 Å². The van der Waals surface area contributed by atoms with Crippen LogP contribution in [-0.2, 0) is 11.4 Å². The quantitative estimate of drug-likeness (QED) is 0.101. The Balaban J connectivity index is 1.53. The summed E-state index contributed by atoms with van der Waals surface area (Å²) in [6.45, 7) is 8.85. The number of hydrogen-bond donors (Lipinski definition) is 2. The second-order valence-corrected chi connectivity index (χ2v) is 12.3. The first-order valence-corrected chi connectivity index (χ1v) is 17.0. The van der Waals surface area contributed by atoms with Crippen molar-refractivity contribution in [3.05, 3.63) is 93.1 Å². The van der Waals surface area contributed by atoms with E-state index in [0.717, 1.165) is 24.2 Å². The molecule has 0 fully saturated rings. The van der Waals surface area contributed by atoms with Gasteiger partial charge in [-0.1, -0.05) is 72.6 Å². The van der Waals surface area contributed by atoms with Crippen LogP contribution in [0.1, 0.15) is 57.7 Å². The number of nitrogens with zero attached hydrogens (tertiary/aromatic N) is 3. The number of nitrogens with one attached hydrogen (secondary N) is 2. The fraction of sp³-hybridized carbons (Fsp3) is 0.324. The van der Waals surface area contributed by atoms with Crippen LogP contribution in [0.25, 0.3) is 0 Å². The molecule has 2 heterocycles. The Morgan fingerprint density at radius 2 is 1.70 bits per heavy atom. The van der Waals surface area contributed by atoms with Crippen LogP contribution in [0.5, 0.6) is 17.2 Å². The summed E-state index contributed by atoms with van der Waals surface area (Å²) in [6.07, 6.45) is 2.13. The molecule has 4 aromatic rings. The molecule has 1 aliphatic rings. The lowest BCUT2D eigenvalue weighted by atomic mass is 9.94. The molecule has 1 atom stereocenters. The highest BCUT2D eigenvalue weighted by atomic mass is 35.5. The molecule has 1 aliphatic heterocycles. The molecule has 0 radical (unpaired) electrons. The summed E-state index contributed by atoms with van der Waals surface area (Å²) in [7, 11) is 0. The lowest BCUT2D eigenvalue weighted by Crippen LogP contribution is -2.31. The molecule has 1 unspecified atom stereocenters. The van der Waals surface area contributed by atoms with Gasteiger partial charge in [0.2, 0.25) is 11.1 Å². The number of fused-ring (bicyclic) bond motifs is 1. The zero-order chi connectivity index (χ0) is 32.6. The zero-order valence-corrected chi connectivity index (χ0v) is 28.6. The van der Waals surface area contributed by atoms with Gasteiger partial charge in [0.1, 0.15) is 18.4 Å². The third-order valence-corrected chi connectivity index (χ3v) is 8.89. The van der Waals surface area contributed by atoms with Gasteiger partial charge in [0.25, 0.3) is 5.91 Å². The highest BCUT2D eigenvalue weighted by Gasteiger charge is 2.35. The van der Waals surface area contributed by atoms with Gasteiger partial charge in [0.15, 0.2) is 11.5 Å². The number of para-hydroxylation sites is 2. The third-order valence-electron chi connectivity index (χ3n) is 7.26. The van der Waals surface area contributed by atoms with Crippen LogP contribution >= 0.6 is 35.0 Å². The summed E-state index contributed by atoms with van der Waals surface area (Å²) in [6, 6.07) is 17.7. The molecule has 1 amide bonds. The average Bonchev–Trinajstić information content (AvgIpc) is 3.44. The van der Waals surface area contributed by atoms with E-state index in [-0.39, 0.29) is 12.5 Å². The largest absolute Gasteiger partial charge is 0.492 e. The van der Waals surface area contributed by atoms with E-state index in [4.69, 9.17) is 47.5 Å². The fourth-order valence-electron chi connectivity index (χ4n) is 5.05. The van der Waals surface area contributed by atoms with Crippen LogP contribution in [0.3, 0.4) is 0 Å². The molecule has 0 saturated heterocycles. The maximum atomic E-state index is 14.1. The van der Waals surface area contributed by atoms with Gasteiger partial charge in [-0.05, 0) is 69.2 Å². The van der Waals surface area contributed by atoms with Gasteiger partial charge in [0, 0.05) is 27.1 Å². The lowest BCUT2D eigenvalue weighted by Gasteiger charge is -2.29. The van der Waals surface area contributed by atoms with E-state index in [2.05, 4.69) is 17.6 Å². The SMILES string of the molecule is CCCCSc1nc2n(n1)C(c1ccc(OCc3c(Cl)cccc3Cl)c(OCC)c1)C(C(=O)Nc1ccccc1OCC)=C(C)N2. The summed E-state index contributed by atoms with van der Waals surface area (Å²) >= 11 is 14.4. The van der Waals surface area contributed by atoms with Gasteiger partial charge >= 0.3 is 0 Å². The number of ether oxygens (including phenoxy) is 3. The van der Waals surface area contributed by atoms with E-state index >= 15 is 0 Å². The van der Waals surface area contributed by atoms with Crippen LogP contribution in [0.15, 0.2) is 77.1 Å². The van der Waals surface area contributed by atoms with Gasteiger partial charge in [-0.3, -0.25) is 4.79 Å². The Bertz CT molecular complexity index is 1710. The normalized spacial score (nSPS) is 14.0. The highest BCUT2D eigenvalue weighted by molar-refractivity contribution is 7.99. The molecule has 1 aromatic heterocycles. The Morgan fingerprint density at radius 1 is 0.957 bits per heavy atom. The zero-order valence-electron chi connectivity index (χ0n) is 26.2. The molecule has 3 aromatic carbocycles. The molecule has 0 bridgehead atoms. The van der Waals surface area contributed by atoms with Crippen molar-refractivity contribution in [2.45, 2.75) is 58.3 Å². The second kappa shape index (κ2) is 15.6. The molecule has 5 rings (SSSR count). The number of allylic oxidation sites excluding steroid dienone is 1.